The summed E-state index contributed by atoms with van der Waals surface area (Å²) in [6.45, 7) is -0.405. The van der Waals surface area contributed by atoms with E-state index in [1.54, 1.807) is 0 Å². The second kappa shape index (κ2) is 7.37. The van der Waals surface area contributed by atoms with Gasteiger partial charge < -0.3 is 20.1 Å². The number of hydrogen-bond acceptors (Lipinski definition) is 9. The first-order valence-electron chi connectivity index (χ1n) is 8.48. The van der Waals surface area contributed by atoms with Crippen LogP contribution in [0.5, 0.6) is 0 Å². The predicted octanol–water partition coefficient (Wildman–Crippen LogP) is 0.0627. The number of halogens is 1. The Labute approximate surface area is 158 Å². The highest BCUT2D eigenvalue weighted by Gasteiger charge is 2.57. The van der Waals surface area contributed by atoms with Gasteiger partial charge in [0.25, 0.3) is 0 Å². The van der Waals surface area contributed by atoms with Gasteiger partial charge in [0, 0.05) is 0 Å². The first-order valence-corrected chi connectivity index (χ1v) is 8.48. The quantitative estimate of drug-likeness (QED) is 0.430. The third-order valence-electron chi connectivity index (χ3n) is 4.48. The number of nitrogens with zero attached hydrogens (tertiary/aromatic N) is 4. The summed E-state index contributed by atoms with van der Waals surface area (Å²) in [6.07, 6.45) is -2.61. The molecule has 3 aromatic rings. The van der Waals surface area contributed by atoms with Gasteiger partial charge in [-0.05, 0) is 5.56 Å². The smallest absolute Gasteiger partial charge is 0.325 e. The van der Waals surface area contributed by atoms with Crippen molar-refractivity contribution in [3.05, 3.63) is 48.5 Å². The molecule has 0 saturated carbocycles. The number of aliphatic hydroxyl groups excluding tert-OH is 3. The zero-order valence-corrected chi connectivity index (χ0v) is 14.5. The van der Waals surface area contributed by atoms with Gasteiger partial charge in [-0.25, -0.2) is 20.4 Å². The molecule has 0 amide bonds. The number of alkyl halides is 1. The summed E-state index contributed by atoms with van der Waals surface area (Å²) in [5.74, 6) is -2.66. The highest BCUT2D eigenvalue weighted by atomic mass is 19.2. The van der Waals surface area contributed by atoms with Gasteiger partial charge in [-0.1, -0.05) is 30.3 Å². The lowest BCUT2D eigenvalue weighted by molar-refractivity contribution is -0.235. The molecule has 28 heavy (non-hydrogen) atoms. The number of rotatable bonds is 6. The summed E-state index contributed by atoms with van der Waals surface area (Å²) >= 11 is 0. The van der Waals surface area contributed by atoms with Crippen molar-refractivity contribution in [3.8, 4) is 0 Å². The van der Waals surface area contributed by atoms with Crippen LogP contribution < -0.4 is 5.48 Å². The van der Waals surface area contributed by atoms with Crippen LogP contribution >= 0.6 is 0 Å². The molecule has 0 unspecified atom stereocenters. The highest BCUT2D eigenvalue weighted by Crippen LogP contribution is 2.38. The van der Waals surface area contributed by atoms with Gasteiger partial charge in [-0.2, -0.15) is 4.39 Å². The van der Waals surface area contributed by atoms with Crippen LogP contribution in [0.25, 0.3) is 11.2 Å². The van der Waals surface area contributed by atoms with E-state index >= 15 is 4.39 Å². The van der Waals surface area contributed by atoms with Crippen molar-refractivity contribution in [1.82, 2.24) is 19.5 Å². The standard InChI is InChI=1S/C17H18FN5O5/c18-17(14(26)13(25)11(6-24)28-17)23-9-21-12-15(19-8-20-16(12)23)22-27-7-10-4-2-1-3-5-10/h1-5,8-9,11,13-14,24-26H,6-7H2,(H,19,20,22)/t11-,13-,14-,17+/m1/s1. The van der Waals surface area contributed by atoms with Crippen LogP contribution in [0.15, 0.2) is 43.0 Å². The van der Waals surface area contributed by atoms with Crippen LogP contribution in [0.4, 0.5) is 10.2 Å². The van der Waals surface area contributed by atoms with Gasteiger partial charge in [-0.15, -0.1) is 0 Å². The van der Waals surface area contributed by atoms with E-state index in [1.807, 2.05) is 30.3 Å². The Morgan fingerprint density at radius 1 is 1.21 bits per heavy atom. The van der Waals surface area contributed by atoms with Crippen molar-refractivity contribution in [2.45, 2.75) is 30.9 Å². The van der Waals surface area contributed by atoms with Crippen molar-refractivity contribution in [3.63, 3.8) is 0 Å². The fraction of sp³-hybridized carbons (Fsp3) is 0.353. The normalized spacial score (nSPS) is 27.4. The third-order valence-corrected chi connectivity index (χ3v) is 4.48. The summed E-state index contributed by atoms with van der Waals surface area (Å²) in [4.78, 5) is 17.5. The molecule has 1 aliphatic heterocycles. The predicted molar refractivity (Wildman–Crippen MR) is 93.2 cm³/mol. The first-order chi connectivity index (χ1) is 13.5. The molecule has 1 saturated heterocycles. The minimum atomic E-state index is -2.85. The number of imidazole rings is 1. The molecular formula is C17H18FN5O5. The lowest BCUT2D eigenvalue weighted by atomic mass is 10.1. The van der Waals surface area contributed by atoms with Gasteiger partial charge in [0.2, 0.25) is 0 Å². The number of anilines is 1. The number of nitrogens with one attached hydrogen (secondary N) is 1. The SMILES string of the molecule is OC[C@H]1O[C@@](F)(n2cnc3c(NOCc4ccccc4)ncnc32)[C@H](O)[C@@H]1O. The minimum absolute atomic E-state index is 0.00755. The Kier molecular flexibility index (Phi) is 4.91. The molecule has 10 nitrogen and oxygen atoms in total. The van der Waals surface area contributed by atoms with E-state index in [2.05, 4.69) is 20.4 Å². The number of aliphatic hydroxyl groups is 3. The van der Waals surface area contributed by atoms with Crippen LogP contribution in [-0.2, 0) is 22.2 Å². The Morgan fingerprint density at radius 3 is 2.71 bits per heavy atom. The molecule has 0 bridgehead atoms. The van der Waals surface area contributed by atoms with Crippen LogP contribution in [-0.4, -0.2) is 59.8 Å². The number of ether oxygens (including phenoxy) is 1. The molecule has 2 aromatic heterocycles. The summed E-state index contributed by atoms with van der Waals surface area (Å²) < 4.78 is 21.3. The third kappa shape index (κ3) is 3.08. The van der Waals surface area contributed by atoms with Gasteiger partial charge >= 0.3 is 5.98 Å². The zero-order valence-electron chi connectivity index (χ0n) is 14.5. The van der Waals surface area contributed by atoms with Gasteiger partial charge in [-0.3, -0.25) is 9.40 Å². The molecule has 4 N–H and O–H groups in total. The van der Waals surface area contributed by atoms with E-state index in [1.165, 1.54) is 6.33 Å². The van der Waals surface area contributed by atoms with Crippen molar-refractivity contribution in [1.29, 1.82) is 0 Å². The van der Waals surface area contributed by atoms with Gasteiger partial charge in [0.05, 0.1) is 13.2 Å². The second-order valence-electron chi connectivity index (χ2n) is 6.27. The molecule has 4 atom stereocenters. The molecule has 1 aliphatic rings. The Morgan fingerprint density at radius 2 is 2.00 bits per heavy atom. The monoisotopic (exact) mass is 391 g/mol. The van der Waals surface area contributed by atoms with Crippen molar-refractivity contribution in [2.75, 3.05) is 12.1 Å². The average Bonchev–Trinajstić information content (AvgIpc) is 3.25. The number of hydrogen-bond donors (Lipinski definition) is 4. The molecule has 11 heteroatoms. The largest absolute Gasteiger partial charge is 0.394 e. The topological polar surface area (TPSA) is 135 Å². The van der Waals surface area contributed by atoms with E-state index in [0.29, 0.717) is 0 Å². The van der Waals surface area contributed by atoms with E-state index in [-0.39, 0.29) is 23.6 Å². The van der Waals surface area contributed by atoms with Crippen molar-refractivity contribution >= 4 is 17.0 Å². The minimum Gasteiger partial charge on any atom is -0.394 e. The van der Waals surface area contributed by atoms with E-state index in [0.717, 1.165) is 16.5 Å². The Hall–Kier alpha value is -2.70. The van der Waals surface area contributed by atoms with Crippen LogP contribution in [0.2, 0.25) is 0 Å². The number of fused-ring (bicyclic) bond motifs is 1. The molecule has 0 aliphatic carbocycles. The zero-order chi connectivity index (χ0) is 19.7. The molecule has 3 heterocycles. The molecular weight excluding hydrogens is 373 g/mol. The first kappa shape index (κ1) is 18.7. The fourth-order valence-electron chi connectivity index (χ4n) is 3.00. The van der Waals surface area contributed by atoms with Crippen LogP contribution in [0.1, 0.15) is 5.56 Å². The lowest BCUT2D eigenvalue weighted by Crippen LogP contribution is -2.41. The van der Waals surface area contributed by atoms with E-state index in [4.69, 9.17) is 9.57 Å². The maximum Gasteiger partial charge on any atom is 0.325 e. The summed E-state index contributed by atoms with van der Waals surface area (Å²) in [5.41, 5.74) is 3.76. The summed E-state index contributed by atoms with van der Waals surface area (Å²) in [5, 5.41) is 29.2. The van der Waals surface area contributed by atoms with E-state index in [9.17, 15) is 15.3 Å². The molecule has 4 rings (SSSR count). The molecule has 0 spiro atoms. The molecule has 1 fully saturated rings. The second-order valence-corrected chi connectivity index (χ2v) is 6.27. The average molecular weight is 391 g/mol. The molecule has 1 aromatic carbocycles. The maximum absolute atomic E-state index is 15.4. The lowest BCUT2D eigenvalue weighted by Gasteiger charge is -2.24. The van der Waals surface area contributed by atoms with Gasteiger partial charge in [0.15, 0.2) is 23.1 Å². The Balaban J connectivity index is 1.58. The summed E-state index contributed by atoms with van der Waals surface area (Å²) in [7, 11) is 0. The highest BCUT2D eigenvalue weighted by molar-refractivity contribution is 5.82. The van der Waals surface area contributed by atoms with Gasteiger partial charge in [0.1, 0.15) is 24.9 Å². The summed E-state index contributed by atoms with van der Waals surface area (Å²) in [6, 6.07) is 9.43. The number of benzene rings is 1. The fourth-order valence-corrected chi connectivity index (χ4v) is 3.00. The van der Waals surface area contributed by atoms with Crippen molar-refractivity contribution < 1.29 is 29.3 Å². The van der Waals surface area contributed by atoms with Crippen LogP contribution in [0.3, 0.4) is 0 Å². The molecule has 0 radical (unpaired) electrons. The van der Waals surface area contributed by atoms with E-state index < -0.39 is 30.9 Å². The Bertz CT molecular complexity index is 958. The molecule has 148 valence electrons. The van der Waals surface area contributed by atoms with Crippen molar-refractivity contribution in [2.24, 2.45) is 0 Å². The number of aromatic nitrogens is 4. The van der Waals surface area contributed by atoms with Crippen LogP contribution in [0, 0.1) is 0 Å². The maximum atomic E-state index is 15.4.